The Kier molecular flexibility index (Phi) is 6.59. The number of carbonyl (C=O) groups is 1. The molecule has 0 atom stereocenters. The average molecular weight is 420 g/mol. The number of thioether (sulfide) groups is 1. The molecule has 0 aliphatic rings. The first kappa shape index (κ1) is 20.2. The van der Waals surface area contributed by atoms with Gasteiger partial charge < -0.3 is 9.64 Å². The van der Waals surface area contributed by atoms with E-state index in [9.17, 15) is 9.18 Å². The van der Waals surface area contributed by atoms with Crippen LogP contribution in [0, 0.1) is 5.82 Å². The van der Waals surface area contributed by atoms with Gasteiger partial charge in [0.25, 0.3) is 0 Å². The Morgan fingerprint density at radius 2 is 2.04 bits per heavy atom. The van der Waals surface area contributed by atoms with Crippen LogP contribution in [-0.4, -0.2) is 40.3 Å². The quantitative estimate of drug-likeness (QED) is 0.532. The SMILES string of the molecule is COc1ccc(-n2ccnc2SCC(=O)N(C)Cc2c(F)cccc2Cl)cc1. The van der Waals surface area contributed by atoms with Gasteiger partial charge in [-0.15, -0.1) is 0 Å². The number of benzene rings is 2. The summed E-state index contributed by atoms with van der Waals surface area (Å²) in [5.74, 6) is 0.376. The van der Waals surface area contributed by atoms with E-state index >= 15 is 0 Å². The van der Waals surface area contributed by atoms with Crippen molar-refractivity contribution in [3.05, 3.63) is 71.3 Å². The summed E-state index contributed by atoms with van der Waals surface area (Å²) in [5.41, 5.74) is 1.23. The molecule has 8 heteroatoms. The topological polar surface area (TPSA) is 47.4 Å². The van der Waals surface area contributed by atoms with Crippen LogP contribution in [0.1, 0.15) is 5.56 Å². The van der Waals surface area contributed by atoms with Crippen molar-refractivity contribution in [2.45, 2.75) is 11.7 Å². The minimum Gasteiger partial charge on any atom is -0.497 e. The van der Waals surface area contributed by atoms with Gasteiger partial charge in [0, 0.05) is 42.3 Å². The van der Waals surface area contributed by atoms with Crippen LogP contribution in [0.3, 0.4) is 0 Å². The molecule has 0 radical (unpaired) electrons. The van der Waals surface area contributed by atoms with Crippen molar-refractivity contribution >= 4 is 29.3 Å². The van der Waals surface area contributed by atoms with Gasteiger partial charge in [-0.1, -0.05) is 29.4 Å². The van der Waals surface area contributed by atoms with Crippen molar-refractivity contribution in [2.24, 2.45) is 0 Å². The van der Waals surface area contributed by atoms with Crippen molar-refractivity contribution in [3.63, 3.8) is 0 Å². The molecule has 1 amide bonds. The molecule has 3 rings (SSSR count). The smallest absolute Gasteiger partial charge is 0.233 e. The minimum absolute atomic E-state index is 0.109. The molecule has 0 saturated carbocycles. The molecule has 0 unspecified atom stereocenters. The Morgan fingerprint density at radius 1 is 1.29 bits per heavy atom. The number of rotatable bonds is 7. The number of hydrogen-bond donors (Lipinski definition) is 0. The molecule has 5 nitrogen and oxygen atoms in total. The normalized spacial score (nSPS) is 10.7. The van der Waals surface area contributed by atoms with E-state index in [0.29, 0.717) is 15.7 Å². The predicted molar refractivity (Wildman–Crippen MR) is 109 cm³/mol. The lowest BCUT2D eigenvalue weighted by atomic mass is 10.2. The average Bonchev–Trinajstić information content (AvgIpc) is 3.17. The van der Waals surface area contributed by atoms with E-state index in [0.717, 1.165) is 11.4 Å². The maximum atomic E-state index is 13.9. The first-order chi connectivity index (χ1) is 13.5. The van der Waals surface area contributed by atoms with Gasteiger partial charge in [-0.3, -0.25) is 9.36 Å². The Balaban J connectivity index is 1.64. The number of amides is 1. The number of aromatic nitrogens is 2. The third-order valence-electron chi connectivity index (χ3n) is 4.16. The molecule has 0 spiro atoms. The van der Waals surface area contributed by atoms with Gasteiger partial charge >= 0.3 is 0 Å². The highest BCUT2D eigenvalue weighted by Crippen LogP contribution is 2.24. The predicted octanol–water partition coefficient (Wildman–Crippen LogP) is 4.42. The summed E-state index contributed by atoms with van der Waals surface area (Å²) in [6, 6.07) is 12.0. The second-order valence-corrected chi connectivity index (χ2v) is 7.37. The van der Waals surface area contributed by atoms with Gasteiger partial charge in [-0.25, -0.2) is 9.37 Å². The van der Waals surface area contributed by atoms with Crippen LogP contribution in [0.25, 0.3) is 5.69 Å². The Labute approximate surface area is 172 Å². The molecule has 2 aromatic carbocycles. The highest BCUT2D eigenvalue weighted by Gasteiger charge is 2.16. The number of halogens is 2. The maximum Gasteiger partial charge on any atom is 0.233 e. The number of carbonyl (C=O) groups excluding carboxylic acids is 1. The van der Waals surface area contributed by atoms with Gasteiger partial charge in [0.15, 0.2) is 5.16 Å². The second-order valence-electron chi connectivity index (χ2n) is 6.02. The molecule has 0 aliphatic carbocycles. The number of ether oxygens (including phenoxy) is 1. The fourth-order valence-corrected chi connectivity index (χ4v) is 3.72. The summed E-state index contributed by atoms with van der Waals surface area (Å²) < 4.78 is 21.0. The third kappa shape index (κ3) is 4.66. The van der Waals surface area contributed by atoms with Crippen molar-refractivity contribution in [1.82, 2.24) is 14.5 Å². The molecule has 1 aromatic heterocycles. The third-order valence-corrected chi connectivity index (χ3v) is 5.47. The Bertz CT molecular complexity index is 942. The molecule has 0 bridgehead atoms. The summed E-state index contributed by atoms with van der Waals surface area (Å²) in [6.45, 7) is 0.109. The van der Waals surface area contributed by atoms with Gasteiger partial charge in [0.1, 0.15) is 11.6 Å². The standard InChI is InChI=1S/C20H19ClFN3O2S/c1-24(12-16-17(21)4-3-5-18(16)22)19(26)13-28-20-23-10-11-25(20)14-6-8-15(27-2)9-7-14/h3-11H,12-13H2,1-2H3. The molecule has 146 valence electrons. The molecule has 0 fully saturated rings. The highest BCUT2D eigenvalue weighted by molar-refractivity contribution is 7.99. The van der Waals surface area contributed by atoms with Gasteiger partial charge in [0.05, 0.1) is 12.9 Å². The van der Waals surface area contributed by atoms with Crippen molar-refractivity contribution < 1.29 is 13.9 Å². The molecule has 1 heterocycles. The number of nitrogens with zero attached hydrogens (tertiary/aromatic N) is 3. The summed E-state index contributed by atoms with van der Waals surface area (Å²) in [4.78, 5) is 18.3. The van der Waals surface area contributed by atoms with Crippen LogP contribution < -0.4 is 4.74 Å². The lowest BCUT2D eigenvalue weighted by Gasteiger charge is -2.18. The number of imidazole rings is 1. The minimum atomic E-state index is -0.421. The van der Waals surface area contributed by atoms with Gasteiger partial charge in [-0.2, -0.15) is 0 Å². The molecule has 0 saturated heterocycles. The van der Waals surface area contributed by atoms with E-state index in [2.05, 4.69) is 4.98 Å². The van der Waals surface area contributed by atoms with E-state index in [4.69, 9.17) is 16.3 Å². The van der Waals surface area contributed by atoms with Crippen LogP contribution >= 0.6 is 23.4 Å². The second kappa shape index (κ2) is 9.12. The molecule has 0 N–H and O–H groups in total. The lowest BCUT2D eigenvalue weighted by Crippen LogP contribution is -2.28. The molecular weight excluding hydrogens is 401 g/mol. The fourth-order valence-electron chi connectivity index (χ4n) is 2.58. The van der Waals surface area contributed by atoms with Crippen molar-refractivity contribution in [2.75, 3.05) is 19.9 Å². The van der Waals surface area contributed by atoms with E-state index in [1.807, 2.05) is 35.0 Å². The highest BCUT2D eigenvalue weighted by atomic mass is 35.5. The first-order valence-corrected chi connectivity index (χ1v) is 9.83. The molecule has 0 aliphatic heterocycles. The zero-order chi connectivity index (χ0) is 20.1. The Hall–Kier alpha value is -2.51. The van der Waals surface area contributed by atoms with Crippen LogP contribution in [-0.2, 0) is 11.3 Å². The summed E-state index contributed by atoms with van der Waals surface area (Å²) in [5, 5.41) is 0.998. The van der Waals surface area contributed by atoms with Gasteiger partial charge in [0.2, 0.25) is 5.91 Å². The van der Waals surface area contributed by atoms with E-state index in [1.54, 1.807) is 26.4 Å². The fraction of sp³-hybridized carbons (Fsp3) is 0.200. The summed E-state index contributed by atoms with van der Waals surface area (Å²) >= 11 is 7.36. The molecule has 3 aromatic rings. The lowest BCUT2D eigenvalue weighted by molar-refractivity contribution is -0.127. The van der Waals surface area contributed by atoms with Crippen molar-refractivity contribution in [3.8, 4) is 11.4 Å². The van der Waals surface area contributed by atoms with E-state index < -0.39 is 5.82 Å². The van der Waals surface area contributed by atoms with Crippen LogP contribution in [0.4, 0.5) is 4.39 Å². The number of hydrogen-bond acceptors (Lipinski definition) is 4. The van der Waals surface area contributed by atoms with E-state index in [1.165, 1.54) is 28.8 Å². The Morgan fingerprint density at radius 3 is 2.71 bits per heavy atom. The van der Waals surface area contributed by atoms with Crippen LogP contribution in [0.5, 0.6) is 5.75 Å². The van der Waals surface area contributed by atoms with Crippen LogP contribution in [0.2, 0.25) is 5.02 Å². The molecular formula is C20H19ClFN3O2S. The summed E-state index contributed by atoms with van der Waals surface area (Å²) in [7, 11) is 3.24. The number of methoxy groups -OCH3 is 1. The van der Waals surface area contributed by atoms with Crippen molar-refractivity contribution in [1.29, 1.82) is 0 Å². The first-order valence-electron chi connectivity index (χ1n) is 8.47. The largest absolute Gasteiger partial charge is 0.497 e. The van der Waals surface area contributed by atoms with Crippen LogP contribution in [0.15, 0.2) is 60.0 Å². The van der Waals surface area contributed by atoms with E-state index in [-0.39, 0.29) is 18.2 Å². The maximum absolute atomic E-state index is 13.9. The summed E-state index contributed by atoms with van der Waals surface area (Å²) in [6.07, 6.45) is 3.51. The van der Waals surface area contributed by atoms with Gasteiger partial charge in [-0.05, 0) is 36.4 Å². The zero-order valence-electron chi connectivity index (χ0n) is 15.4. The molecule has 28 heavy (non-hydrogen) atoms. The monoisotopic (exact) mass is 419 g/mol. The zero-order valence-corrected chi connectivity index (χ0v) is 17.0.